The van der Waals surface area contributed by atoms with E-state index in [1.807, 2.05) is 48.5 Å². The number of hydrogen-bond acceptors (Lipinski definition) is 4. The summed E-state index contributed by atoms with van der Waals surface area (Å²) in [6, 6.07) is 9.97. The van der Waals surface area contributed by atoms with Crippen molar-refractivity contribution in [1.29, 1.82) is 0 Å². The fraction of sp³-hybridized carbons (Fsp3) is 0.389. The van der Waals surface area contributed by atoms with Crippen molar-refractivity contribution >= 4 is 46.7 Å². The maximum Gasteiger partial charge on any atom is 0.102 e. The Bertz CT molecular complexity index is 728. The van der Waals surface area contributed by atoms with Crippen LogP contribution < -0.4 is 0 Å². The van der Waals surface area contributed by atoms with E-state index in [0.29, 0.717) is 11.6 Å². The largest absolute Gasteiger partial charge is 0.372 e. The van der Waals surface area contributed by atoms with Crippen LogP contribution in [0.15, 0.2) is 46.3 Å². The summed E-state index contributed by atoms with van der Waals surface area (Å²) in [4.78, 5) is 6.80. The number of aromatic nitrogens is 1. The minimum Gasteiger partial charge on any atom is -0.372 e. The number of hydrogen-bond donors (Lipinski definition) is 0. The van der Waals surface area contributed by atoms with Gasteiger partial charge < -0.3 is 4.74 Å². The van der Waals surface area contributed by atoms with E-state index in [-0.39, 0.29) is 10.9 Å². The van der Waals surface area contributed by atoms with Crippen LogP contribution in [0.2, 0.25) is 10.0 Å². The van der Waals surface area contributed by atoms with Crippen molar-refractivity contribution in [3.05, 3.63) is 52.3 Å². The third-order valence-electron chi connectivity index (χ3n) is 4.11. The second kappa shape index (κ2) is 7.88. The lowest BCUT2D eigenvalue weighted by Gasteiger charge is -2.37. The second-order valence-electron chi connectivity index (χ2n) is 6.07. The molecule has 0 spiro atoms. The molecule has 24 heavy (non-hydrogen) atoms. The summed E-state index contributed by atoms with van der Waals surface area (Å²) < 4.78 is 6.05. The van der Waals surface area contributed by atoms with Crippen molar-refractivity contribution in [2.45, 2.75) is 40.4 Å². The molecule has 1 fully saturated rings. The van der Waals surface area contributed by atoms with E-state index >= 15 is 0 Å². The molecule has 6 heteroatoms. The van der Waals surface area contributed by atoms with Crippen LogP contribution in [0, 0.1) is 0 Å². The summed E-state index contributed by atoms with van der Waals surface area (Å²) in [5.41, 5.74) is 0.840. The molecule has 2 nitrogen and oxygen atoms in total. The molecular weight excluding hydrogens is 381 g/mol. The highest BCUT2D eigenvalue weighted by Gasteiger charge is 2.36. The van der Waals surface area contributed by atoms with E-state index in [9.17, 15) is 0 Å². The predicted octanol–water partition coefficient (Wildman–Crippen LogP) is 6.51. The molecule has 0 N–H and O–H groups in total. The van der Waals surface area contributed by atoms with Crippen molar-refractivity contribution in [2.24, 2.45) is 0 Å². The maximum atomic E-state index is 6.44. The van der Waals surface area contributed by atoms with Gasteiger partial charge in [0.15, 0.2) is 0 Å². The van der Waals surface area contributed by atoms with Gasteiger partial charge in [0, 0.05) is 32.4 Å². The number of rotatable bonds is 4. The number of thioether (sulfide) groups is 2. The molecule has 0 aliphatic carbocycles. The Balaban J connectivity index is 1.78. The average Bonchev–Trinajstić information content (AvgIpc) is 2.54. The molecule has 0 saturated carbocycles. The number of ether oxygens (including phenoxy) is 1. The molecular formula is C18H19Cl2NOS2. The topological polar surface area (TPSA) is 22.1 Å². The zero-order valence-corrected chi connectivity index (χ0v) is 16.7. The van der Waals surface area contributed by atoms with Crippen LogP contribution in [0.4, 0.5) is 0 Å². The van der Waals surface area contributed by atoms with Crippen molar-refractivity contribution in [2.75, 3.05) is 12.9 Å². The van der Waals surface area contributed by atoms with E-state index in [2.05, 4.69) is 18.0 Å². The number of halogens is 2. The molecule has 0 amide bonds. The second-order valence-corrected chi connectivity index (χ2v) is 9.45. The quantitative estimate of drug-likeness (QED) is 0.545. The summed E-state index contributed by atoms with van der Waals surface area (Å²) in [5.74, 6) is 0. The van der Waals surface area contributed by atoms with Crippen LogP contribution in [0.5, 0.6) is 0 Å². The Morgan fingerprint density at radius 1 is 1.25 bits per heavy atom. The zero-order valence-electron chi connectivity index (χ0n) is 13.6. The highest BCUT2D eigenvalue weighted by Crippen LogP contribution is 2.46. The average molecular weight is 400 g/mol. The summed E-state index contributed by atoms with van der Waals surface area (Å²) in [5, 5.41) is 1.45. The van der Waals surface area contributed by atoms with Crippen LogP contribution in [-0.2, 0) is 4.74 Å². The fourth-order valence-corrected chi connectivity index (χ4v) is 5.16. The van der Waals surface area contributed by atoms with Gasteiger partial charge in [0.25, 0.3) is 0 Å². The standard InChI is InChI=1S/C18H19Cl2NOS2/c1-18(24-13-5-3-4-12(19)8-13)6-7-22-16(10-18)17-15(20)9-14(23-2)11-21-17/h3-5,8-9,11,16H,6-7,10H2,1-2H3. The van der Waals surface area contributed by atoms with Gasteiger partial charge in [-0.15, -0.1) is 23.5 Å². The van der Waals surface area contributed by atoms with E-state index in [1.54, 1.807) is 11.8 Å². The summed E-state index contributed by atoms with van der Waals surface area (Å²) >= 11 is 16.0. The first-order chi connectivity index (χ1) is 11.5. The Labute approximate surface area is 161 Å². The van der Waals surface area contributed by atoms with Gasteiger partial charge >= 0.3 is 0 Å². The van der Waals surface area contributed by atoms with Gasteiger partial charge in [-0.05, 0) is 50.3 Å². The molecule has 1 aromatic carbocycles. The van der Waals surface area contributed by atoms with Gasteiger partial charge in [-0.2, -0.15) is 0 Å². The number of nitrogens with zero attached hydrogens (tertiary/aromatic N) is 1. The molecule has 3 rings (SSSR count). The van der Waals surface area contributed by atoms with Gasteiger partial charge in [-0.3, -0.25) is 4.98 Å². The van der Waals surface area contributed by atoms with Gasteiger partial charge in [0.2, 0.25) is 0 Å². The first-order valence-corrected chi connectivity index (χ1v) is 10.5. The van der Waals surface area contributed by atoms with E-state index in [0.717, 1.165) is 28.5 Å². The molecule has 2 aromatic rings. The van der Waals surface area contributed by atoms with Crippen LogP contribution in [0.25, 0.3) is 0 Å². The summed E-state index contributed by atoms with van der Waals surface area (Å²) in [6.45, 7) is 2.98. The minimum atomic E-state index is -0.0705. The smallest absolute Gasteiger partial charge is 0.102 e. The van der Waals surface area contributed by atoms with Crippen LogP contribution in [0.1, 0.15) is 31.6 Å². The van der Waals surface area contributed by atoms with Crippen molar-refractivity contribution < 1.29 is 4.74 Å². The SMILES string of the molecule is CSc1cnc(C2CC(C)(Sc3cccc(Cl)c3)CCO2)c(Cl)c1. The normalized spacial score (nSPS) is 24.1. The minimum absolute atomic E-state index is 0.0663. The molecule has 0 radical (unpaired) electrons. The van der Waals surface area contributed by atoms with E-state index < -0.39 is 0 Å². The molecule has 1 aliphatic rings. The molecule has 1 aliphatic heterocycles. The molecule has 2 heterocycles. The van der Waals surface area contributed by atoms with Gasteiger partial charge in [-0.25, -0.2) is 0 Å². The highest BCUT2D eigenvalue weighted by molar-refractivity contribution is 8.00. The summed E-state index contributed by atoms with van der Waals surface area (Å²) in [6.07, 6.45) is 5.67. The first-order valence-electron chi connectivity index (χ1n) is 7.75. The fourth-order valence-electron chi connectivity index (χ4n) is 2.83. The van der Waals surface area contributed by atoms with Crippen molar-refractivity contribution in [1.82, 2.24) is 4.98 Å². The molecule has 1 aromatic heterocycles. The highest BCUT2D eigenvalue weighted by atomic mass is 35.5. The van der Waals surface area contributed by atoms with Gasteiger partial charge in [-0.1, -0.05) is 29.3 Å². The molecule has 1 saturated heterocycles. The van der Waals surface area contributed by atoms with Crippen molar-refractivity contribution in [3.8, 4) is 0 Å². The molecule has 2 atom stereocenters. The monoisotopic (exact) mass is 399 g/mol. The third kappa shape index (κ3) is 4.41. The number of pyridine rings is 1. The van der Waals surface area contributed by atoms with E-state index in [4.69, 9.17) is 27.9 Å². The molecule has 2 unspecified atom stereocenters. The van der Waals surface area contributed by atoms with Gasteiger partial charge in [0.05, 0.1) is 10.7 Å². The van der Waals surface area contributed by atoms with Crippen LogP contribution in [-0.4, -0.2) is 22.6 Å². The lowest BCUT2D eigenvalue weighted by Crippen LogP contribution is -2.32. The van der Waals surface area contributed by atoms with E-state index in [1.165, 1.54) is 4.90 Å². The third-order valence-corrected chi connectivity index (χ3v) is 6.70. The van der Waals surface area contributed by atoms with Crippen LogP contribution >= 0.6 is 46.7 Å². The molecule has 0 bridgehead atoms. The maximum absolute atomic E-state index is 6.44. The zero-order chi connectivity index (χ0) is 17.2. The van der Waals surface area contributed by atoms with Crippen molar-refractivity contribution in [3.63, 3.8) is 0 Å². The lowest BCUT2D eigenvalue weighted by molar-refractivity contribution is -0.000268. The first kappa shape index (κ1) is 18.4. The Hall–Kier alpha value is -0.390. The van der Waals surface area contributed by atoms with Crippen LogP contribution in [0.3, 0.4) is 0 Å². The lowest BCUT2D eigenvalue weighted by atomic mass is 9.94. The Morgan fingerprint density at radius 2 is 2.08 bits per heavy atom. The summed E-state index contributed by atoms with van der Waals surface area (Å²) in [7, 11) is 0. The predicted molar refractivity (Wildman–Crippen MR) is 105 cm³/mol. The number of benzene rings is 1. The Kier molecular flexibility index (Phi) is 6.04. The van der Waals surface area contributed by atoms with Gasteiger partial charge in [0.1, 0.15) is 6.10 Å². The molecule has 128 valence electrons. The Morgan fingerprint density at radius 3 is 2.79 bits per heavy atom.